The molecule has 0 aliphatic rings. The molecule has 5 rings (SSSR count). The second kappa shape index (κ2) is 20.6. The van der Waals surface area contributed by atoms with E-state index in [9.17, 15) is 25.2 Å². The van der Waals surface area contributed by atoms with Crippen LogP contribution in [-0.4, -0.2) is 46.1 Å². The van der Waals surface area contributed by atoms with Gasteiger partial charge in [0.2, 0.25) is 0 Å². The highest BCUT2D eigenvalue weighted by Gasteiger charge is 2.43. The van der Waals surface area contributed by atoms with Crippen LogP contribution < -0.4 is 5.32 Å². The van der Waals surface area contributed by atoms with Gasteiger partial charge >= 0.3 is 5.97 Å². The second-order valence-corrected chi connectivity index (χ2v) is 12.9. The van der Waals surface area contributed by atoms with Gasteiger partial charge in [0.05, 0.1) is 19.3 Å². The number of hydrogen-bond acceptors (Lipinski definition) is 6. The molecule has 0 spiro atoms. The maximum Gasteiger partial charge on any atom is 0.323 e. The molecule has 0 unspecified atom stereocenters. The molecule has 5 aromatic rings. The zero-order chi connectivity index (χ0) is 36.5. The quantitative estimate of drug-likeness (QED) is 0.0480. The summed E-state index contributed by atoms with van der Waals surface area (Å²) in [4.78, 5) is 12.4. The number of benzene rings is 5. The second-order valence-electron chi connectivity index (χ2n) is 12.1. The molecular formula is C42H45Cl2NO6. The standard InChI is InChI=1S/C22H29Cl2NO4.C20H16O2/c23-19-6-5-7-20(24)18(19)15-29-11-4-2-1-3-10-25-13-22(28)16-8-9-21(27)17(12-16)14-26;21-19(22)20(16-10-4-1-5-11-16,17-12-6-2-7-13-17)18-14-8-3-9-15-18/h5-9,12,22,25-28H,1-4,10-11,13-15H2;1-15H,(H,21,22)/t22-;/m0./s1. The summed E-state index contributed by atoms with van der Waals surface area (Å²) in [7, 11) is 0. The molecule has 1 atom stereocenters. The third-order valence-corrected chi connectivity index (χ3v) is 9.35. The van der Waals surface area contributed by atoms with Gasteiger partial charge in [0.1, 0.15) is 11.2 Å². The van der Waals surface area contributed by atoms with Crippen molar-refractivity contribution in [2.45, 2.75) is 50.4 Å². The summed E-state index contributed by atoms with van der Waals surface area (Å²) in [6, 6.07) is 38.4. The van der Waals surface area contributed by atoms with Crippen LogP contribution >= 0.6 is 23.2 Å². The van der Waals surface area contributed by atoms with Crippen LogP contribution in [0.25, 0.3) is 0 Å². The number of ether oxygens (including phenoxy) is 1. The number of carboxylic acid groups (broad SMARTS) is 1. The summed E-state index contributed by atoms with van der Waals surface area (Å²) in [5, 5.41) is 43.6. The lowest BCUT2D eigenvalue weighted by Gasteiger charge is -2.31. The monoisotopic (exact) mass is 729 g/mol. The maximum atomic E-state index is 12.4. The summed E-state index contributed by atoms with van der Waals surface area (Å²) >= 11 is 12.2. The predicted molar refractivity (Wildman–Crippen MR) is 203 cm³/mol. The Balaban J connectivity index is 0.000000237. The van der Waals surface area contributed by atoms with Crippen LogP contribution in [0.5, 0.6) is 5.75 Å². The molecule has 0 heterocycles. The van der Waals surface area contributed by atoms with Crippen LogP contribution in [0.1, 0.15) is 65.2 Å². The van der Waals surface area contributed by atoms with E-state index in [2.05, 4.69) is 5.32 Å². The van der Waals surface area contributed by atoms with E-state index < -0.39 is 17.5 Å². The van der Waals surface area contributed by atoms with Crippen LogP contribution in [0.2, 0.25) is 10.0 Å². The van der Waals surface area contributed by atoms with Gasteiger partial charge in [-0.1, -0.05) is 139 Å². The van der Waals surface area contributed by atoms with E-state index in [-0.39, 0.29) is 12.4 Å². The largest absolute Gasteiger partial charge is 0.508 e. The number of aliphatic hydroxyl groups excluding tert-OH is 2. The van der Waals surface area contributed by atoms with E-state index >= 15 is 0 Å². The molecule has 5 aromatic carbocycles. The molecule has 0 saturated carbocycles. The Kier molecular flexibility index (Phi) is 16.0. The topological polar surface area (TPSA) is 119 Å². The van der Waals surface area contributed by atoms with Gasteiger partial charge in [-0.3, -0.25) is 4.79 Å². The van der Waals surface area contributed by atoms with E-state index in [4.69, 9.17) is 27.9 Å². The van der Waals surface area contributed by atoms with Crippen molar-refractivity contribution in [2.24, 2.45) is 0 Å². The molecule has 0 aliphatic carbocycles. The molecule has 0 fully saturated rings. The lowest BCUT2D eigenvalue weighted by atomic mass is 9.69. The molecule has 0 bridgehead atoms. The Morgan fingerprint density at radius 1 is 0.725 bits per heavy atom. The van der Waals surface area contributed by atoms with Gasteiger partial charge in [-0.25, -0.2) is 0 Å². The van der Waals surface area contributed by atoms with Gasteiger partial charge in [-0.05, 0) is 65.9 Å². The summed E-state index contributed by atoms with van der Waals surface area (Å²) in [5.41, 5.74) is 2.97. The summed E-state index contributed by atoms with van der Waals surface area (Å²) in [6.45, 7) is 2.08. The normalized spacial score (nSPS) is 11.8. The minimum absolute atomic E-state index is 0.0374. The first-order valence-electron chi connectivity index (χ1n) is 17.0. The zero-order valence-corrected chi connectivity index (χ0v) is 29.9. The number of halogens is 2. The third-order valence-electron chi connectivity index (χ3n) is 8.64. The lowest BCUT2D eigenvalue weighted by molar-refractivity contribution is -0.140. The number of carbonyl (C=O) groups is 1. The fraction of sp³-hybridized carbons (Fsp3) is 0.262. The molecular weight excluding hydrogens is 685 g/mol. The van der Waals surface area contributed by atoms with Gasteiger partial charge in [0.15, 0.2) is 0 Å². The number of aliphatic carboxylic acids is 1. The molecule has 0 radical (unpaired) electrons. The van der Waals surface area contributed by atoms with Crippen molar-refractivity contribution in [3.05, 3.63) is 171 Å². The Labute approximate surface area is 310 Å². The van der Waals surface area contributed by atoms with Gasteiger partial charge < -0.3 is 30.5 Å². The molecule has 0 saturated heterocycles. The number of aromatic hydroxyl groups is 1. The van der Waals surface area contributed by atoms with E-state index in [1.807, 2.05) is 109 Å². The number of aliphatic hydroxyl groups is 2. The predicted octanol–water partition coefficient (Wildman–Crippen LogP) is 8.70. The molecule has 7 nitrogen and oxygen atoms in total. The van der Waals surface area contributed by atoms with Crippen LogP contribution in [0.4, 0.5) is 0 Å². The summed E-state index contributed by atoms with van der Waals surface area (Å²) in [6.07, 6.45) is 3.46. The van der Waals surface area contributed by atoms with Crippen LogP contribution in [0.15, 0.2) is 127 Å². The number of phenols is 1. The Morgan fingerprint density at radius 3 is 1.76 bits per heavy atom. The molecule has 0 aromatic heterocycles. The lowest BCUT2D eigenvalue weighted by Crippen LogP contribution is -2.38. The van der Waals surface area contributed by atoms with E-state index in [1.165, 1.54) is 6.07 Å². The van der Waals surface area contributed by atoms with E-state index in [0.29, 0.717) is 40.9 Å². The number of hydrogen-bond donors (Lipinski definition) is 5. The van der Waals surface area contributed by atoms with Crippen molar-refractivity contribution >= 4 is 29.2 Å². The first-order valence-corrected chi connectivity index (χ1v) is 17.8. The van der Waals surface area contributed by atoms with Crippen molar-refractivity contribution in [1.29, 1.82) is 0 Å². The number of rotatable bonds is 17. The molecule has 5 N–H and O–H groups in total. The highest BCUT2D eigenvalue weighted by Crippen LogP contribution is 2.39. The smallest absolute Gasteiger partial charge is 0.323 e. The van der Waals surface area contributed by atoms with Crippen LogP contribution in [0, 0.1) is 0 Å². The third kappa shape index (κ3) is 10.9. The van der Waals surface area contributed by atoms with Gasteiger partial charge in [-0.2, -0.15) is 0 Å². The molecule has 51 heavy (non-hydrogen) atoms. The number of nitrogens with one attached hydrogen (secondary N) is 1. The highest BCUT2D eigenvalue weighted by atomic mass is 35.5. The summed E-state index contributed by atoms with van der Waals surface area (Å²) in [5.74, 6) is -0.841. The van der Waals surface area contributed by atoms with Crippen molar-refractivity contribution in [3.63, 3.8) is 0 Å². The van der Waals surface area contributed by atoms with E-state index in [0.717, 1.165) is 54.5 Å². The van der Waals surface area contributed by atoms with Gasteiger partial charge in [-0.15, -0.1) is 0 Å². The molecule has 0 aliphatic heterocycles. The Bertz CT molecular complexity index is 1660. The number of carboxylic acids is 1. The van der Waals surface area contributed by atoms with Crippen LogP contribution in [0.3, 0.4) is 0 Å². The molecule has 0 amide bonds. The Hall–Kier alpha value is -4.21. The van der Waals surface area contributed by atoms with Crippen molar-refractivity contribution in [2.75, 3.05) is 19.7 Å². The molecule has 9 heteroatoms. The van der Waals surface area contributed by atoms with E-state index in [1.54, 1.807) is 12.1 Å². The first-order chi connectivity index (χ1) is 24.8. The van der Waals surface area contributed by atoms with Crippen molar-refractivity contribution in [3.8, 4) is 5.75 Å². The Morgan fingerprint density at radius 2 is 1.25 bits per heavy atom. The average molecular weight is 731 g/mol. The van der Waals surface area contributed by atoms with Gasteiger partial charge in [0.25, 0.3) is 0 Å². The average Bonchev–Trinajstić information content (AvgIpc) is 3.15. The van der Waals surface area contributed by atoms with Crippen molar-refractivity contribution in [1.82, 2.24) is 5.32 Å². The minimum Gasteiger partial charge on any atom is -0.508 e. The SMILES string of the molecule is O=C(O)C(c1ccccc1)(c1ccccc1)c1ccccc1.OCc1cc([C@@H](O)CNCCCCCCOCc2c(Cl)cccc2Cl)ccc1O. The minimum atomic E-state index is -1.20. The fourth-order valence-corrected chi connectivity index (χ4v) is 6.39. The van der Waals surface area contributed by atoms with Crippen LogP contribution in [-0.2, 0) is 28.2 Å². The summed E-state index contributed by atoms with van der Waals surface area (Å²) < 4.78 is 5.66. The number of unbranched alkanes of at least 4 members (excludes halogenated alkanes) is 3. The van der Waals surface area contributed by atoms with Gasteiger partial charge in [0, 0.05) is 34.3 Å². The highest BCUT2D eigenvalue weighted by molar-refractivity contribution is 6.35. The fourth-order valence-electron chi connectivity index (χ4n) is 5.88. The first kappa shape index (κ1) is 39.6. The molecule has 268 valence electrons. The zero-order valence-electron chi connectivity index (χ0n) is 28.4. The van der Waals surface area contributed by atoms with Crippen molar-refractivity contribution < 1.29 is 30.0 Å². The maximum absolute atomic E-state index is 12.4.